The molecule has 0 bridgehead atoms. The molecule has 2 aromatic rings. The predicted molar refractivity (Wildman–Crippen MR) is 77.5 cm³/mol. The van der Waals surface area contributed by atoms with Crippen molar-refractivity contribution in [3.8, 4) is 0 Å². The zero-order valence-electron chi connectivity index (χ0n) is 11.0. The fraction of sp³-hybridized carbons (Fsp3) is 0.417. The Kier molecular flexibility index (Phi) is 3.39. The summed E-state index contributed by atoms with van der Waals surface area (Å²) in [7, 11) is 0. The summed E-state index contributed by atoms with van der Waals surface area (Å²) in [5, 5.41) is 9.24. The highest BCUT2D eigenvalue weighted by Gasteiger charge is 2.26. The van der Waals surface area contributed by atoms with Gasteiger partial charge in [0.2, 0.25) is 10.3 Å². The number of pyridine rings is 1. The molecule has 1 aliphatic heterocycles. The lowest BCUT2D eigenvalue weighted by molar-refractivity contribution is 0.542. The molecule has 0 amide bonds. The van der Waals surface area contributed by atoms with Crippen molar-refractivity contribution in [2.75, 3.05) is 35.2 Å². The molecule has 0 aromatic carbocycles. The summed E-state index contributed by atoms with van der Waals surface area (Å²) in [4.78, 5) is 8.47. The van der Waals surface area contributed by atoms with Gasteiger partial charge in [-0.05, 0) is 19.1 Å². The molecule has 6 nitrogen and oxygen atoms in total. The molecule has 2 N–H and O–H groups in total. The Hall–Kier alpha value is -1.96. The molecule has 8 heteroatoms. The van der Waals surface area contributed by atoms with Crippen LogP contribution in [-0.2, 0) is 0 Å². The number of anilines is 3. The molecule has 1 unspecified atom stereocenters. The topological polar surface area (TPSA) is 71.2 Å². The van der Waals surface area contributed by atoms with Crippen LogP contribution in [0.15, 0.2) is 18.3 Å². The molecule has 106 valence electrons. The van der Waals surface area contributed by atoms with Crippen LogP contribution >= 0.6 is 11.3 Å². The summed E-state index contributed by atoms with van der Waals surface area (Å²) >= 11 is 1.39. The summed E-state index contributed by atoms with van der Waals surface area (Å²) in [5.41, 5.74) is 5.61. The summed E-state index contributed by atoms with van der Waals surface area (Å²) in [5.74, 6) is 0.486. The largest absolute Gasteiger partial charge is 0.374 e. The maximum Gasteiger partial charge on any atom is 0.210 e. The molecule has 2 aromatic heterocycles. The average molecular weight is 294 g/mol. The van der Waals surface area contributed by atoms with Gasteiger partial charge in [0.05, 0.1) is 6.20 Å². The Morgan fingerprint density at radius 2 is 2.20 bits per heavy atom. The van der Waals surface area contributed by atoms with Crippen LogP contribution in [0.3, 0.4) is 0 Å². The SMILES string of the molecule is CC1CN(c2nnc(N)s2)CCN1c1ccc(F)cn1. The van der Waals surface area contributed by atoms with Crippen molar-refractivity contribution < 1.29 is 4.39 Å². The number of halogens is 1. The van der Waals surface area contributed by atoms with Gasteiger partial charge in [0, 0.05) is 25.7 Å². The molecule has 0 saturated carbocycles. The quantitative estimate of drug-likeness (QED) is 0.902. The van der Waals surface area contributed by atoms with Gasteiger partial charge in [-0.3, -0.25) is 0 Å². The highest BCUT2D eigenvalue weighted by molar-refractivity contribution is 7.18. The first kappa shape index (κ1) is 13.0. The van der Waals surface area contributed by atoms with Crippen LogP contribution in [0.1, 0.15) is 6.92 Å². The molecule has 0 aliphatic carbocycles. The summed E-state index contributed by atoms with van der Waals surface area (Å²) in [6.45, 7) is 4.55. The lowest BCUT2D eigenvalue weighted by Crippen LogP contribution is -2.52. The van der Waals surface area contributed by atoms with Crippen LogP contribution in [-0.4, -0.2) is 40.9 Å². The zero-order chi connectivity index (χ0) is 14.1. The summed E-state index contributed by atoms with van der Waals surface area (Å²) in [6.07, 6.45) is 1.25. The maximum atomic E-state index is 12.9. The van der Waals surface area contributed by atoms with Crippen molar-refractivity contribution in [3.63, 3.8) is 0 Å². The number of piperazine rings is 1. The van der Waals surface area contributed by atoms with E-state index in [4.69, 9.17) is 5.73 Å². The first-order chi connectivity index (χ1) is 9.63. The lowest BCUT2D eigenvalue weighted by Gasteiger charge is -2.40. The van der Waals surface area contributed by atoms with Crippen molar-refractivity contribution >= 4 is 27.4 Å². The van der Waals surface area contributed by atoms with Gasteiger partial charge in [0.1, 0.15) is 11.6 Å². The Morgan fingerprint density at radius 3 is 2.80 bits per heavy atom. The van der Waals surface area contributed by atoms with Gasteiger partial charge >= 0.3 is 0 Å². The molecular formula is C12H15FN6S. The van der Waals surface area contributed by atoms with Crippen LogP contribution in [0.25, 0.3) is 0 Å². The van der Waals surface area contributed by atoms with Crippen molar-refractivity contribution in [3.05, 3.63) is 24.1 Å². The number of rotatable bonds is 2. The molecule has 0 spiro atoms. The van der Waals surface area contributed by atoms with Crippen LogP contribution in [0, 0.1) is 5.82 Å². The van der Waals surface area contributed by atoms with Gasteiger partial charge in [-0.15, -0.1) is 10.2 Å². The van der Waals surface area contributed by atoms with Gasteiger partial charge in [-0.25, -0.2) is 9.37 Å². The lowest BCUT2D eigenvalue weighted by atomic mass is 10.2. The average Bonchev–Trinajstić information content (AvgIpc) is 2.87. The summed E-state index contributed by atoms with van der Waals surface area (Å²) in [6, 6.07) is 3.41. The van der Waals surface area contributed by atoms with E-state index in [1.165, 1.54) is 23.6 Å². The first-order valence-corrected chi connectivity index (χ1v) is 7.17. The number of hydrogen-bond acceptors (Lipinski definition) is 7. The molecule has 1 saturated heterocycles. The van der Waals surface area contributed by atoms with Gasteiger partial charge in [-0.1, -0.05) is 11.3 Å². The molecule has 1 atom stereocenters. The normalized spacial score (nSPS) is 19.4. The summed E-state index contributed by atoms with van der Waals surface area (Å²) < 4.78 is 12.9. The molecule has 3 heterocycles. The van der Waals surface area contributed by atoms with E-state index in [2.05, 4.69) is 31.9 Å². The fourth-order valence-corrected chi connectivity index (χ4v) is 3.01. The maximum absolute atomic E-state index is 12.9. The second-order valence-electron chi connectivity index (χ2n) is 4.75. The zero-order valence-corrected chi connectivity index (χ0v) is 11.8. The molecule has 3 rings (SSSR count). The third-order valence-corrected chi connectivity index (χ3v) is 4.15. The first-order valence-electron chi connectivity index (χ1n) is 6.35. The number of nitrogen functional groups attached to an aromatic ring is 1. The van der Waals surface area contributed by atoms with E-state index >= 15 is 0 Å². The minimum absolute atomic E-state index is 0.256. The van der Waals surface area contributed by atoms with Gasteiger partial charge < -0.3 is 15.5 Å². The van der Waals surface area contributed by atoms with E-state index in [0.29, 0.717) is 5.13 Å². The molecule has 20 heavy (non-hydrogen) atoms. The van der Waals surface area contributed by atoms with Crippen molar-refractivity contribution in [1.29, 1.82) is 0 Å². The van der Waals surface area contributed by atoms with Crippen LogP contribution in [0.2, 0.25) is 0 Å². The van der Waals surface area contributed by atoms with E-state index in [-0.39, 0.29) is 11.9 Å². The third-order valence-electron chi connectivity index (χ3n) is 3.33. The van der Waals surface area contributed by atoms with E-state index in [0.717, 1.165) is 30.6 Å². The van der Waals surface area contributed by atoms with E-state index < -0.39 is 0 Å². The standard InChI is InChI=1S/C12H15FN6S/c1-8-7-18(12-17-16-11(14)20-12)4-5-19(8)10-3-2-9(13)6-15-10/h2-3,6,8H,4-5,7H2,1H3,(H2,14,16). The van der Waals surface area contributed by atoms with E-state index in [9.17, 15) is 4.39 Å². The third kappa shape index (κ3) is 2.51. The molecule has 1 aliphatic rings. The van der Waals surface area contributed by atoms with E-state index in [1.54, 1.807) is 6.07 Å². The molecule has 0 radical (unpaired) electrons. The fourth-order valence-electron chi connectivity index (χ4n) is 2.36. The highest BCUT2D eigenvalue weighted by Crippen LogP contribution is 2.26. The highest BCUT2D eigenvalue weighted by atomic mass is 32.1. The minimum Gasteiger partial charge on any atom is -0.374 e. The van der Waals surface area contributed by atoms with Gasteiger partial charge in [-0.2, -0.15) is 0 Å². The number of nitrogens with two attached hydrogens (primary N) is 1. The number of hydrogen-bond donors (Lipinski definition) is 1. The minimum atomic E-state index is -0.315. The number of aromatic nitrogens is 3. The Morgan fingerprint density at radius 1 is 1.35 bits per heavy atom. The van der Waals surface area contributed by atoms with Crippen molar-refractivity contribution in [2.24, 2.45) is 0 Å². The predicted octanol–water partition coefficient (Wildman–Crippen LogP) is 1.37. The second-order valence-corrected chi connectivity index (χ2v) is 5.73. The van der Waals surface area contributed by atoms with Crippen LogP contribution < -0.4 is 15.5 Å². The van der Waals surface area contributed by atoms with Gasteiger partial charge in [0.15, 0.2) is 0 Å². The second kappa shape index (κ2) is 5.20. The van der Waals surface area contributed by atoms with Crippen LogP contribution in [0.4, 0.5) is 20.5 Å². The van der Waals surface area contributed by atoms with Crippen LogP contribution in [0.5, 0.6) is 0 Å². The van der Waals surface area contributed by atoms with Crippen molar-refractivity contribution in [1.82, 2.24) is 15.2 Å². The van der Waals surface area contributed by atoms with Gasteiger partial charge in [0.25, 0.3) is 0 Å². The molecular weight excluding hydrogens is 279 g/mol. The molecule has 1 fully saturated rings. The van der Waals surface area contributed by atoms with E-state index in [1.807, 2.05) is 0 Å². The monoisotopic (exact) mass is 294 g/mol. The Bertz CT molecular complexity index is 586. The Balaban J connectivity index is 1.72. The Labute approximate surface area is 120 Å². The number of nitrogens with zero attached hydrogens (tertiary/aromatic N) is 5. The smallest absolute Gasteiger partial charge is 0.210 e. The van der Waals surface area contributed by atoms with Crippen molar-refractivity contribution in [2.45, 2.75) is 13.0 Å².